The zero-order valence-corrected chi connectivity index (χ0v) is 22.7. The van der Waals surface area contributed by atoms with E-state index >= 15 is 0 Å². The zero-order valence-electron chi connectivity index (χ0n) is 22.7. The SMILES string of the molecule is CC1=CC(C)=NC(=O)C1CNC(=O)c1cc(C2CCN(C(=O)C3CCNC3)CC2)nc2c1cnn2C(C)C. The average Bonchev–Trinajstić information content (AvgIpc) is 3.57. The number of fused-ring (bicyclic) bond motifs is 1. The molecule has 2 aromatic heterocycles. The summed E-state index contributed by atoms with van der Waals surface area (Å²) in [7, 11) is 0. The number of rotatable bonds is 6. The molecule has 10 heteroatoms. The smallest absolute Gasteiger partial charge is 0.254 e. The number of hydrogen-bond acceptors (Lipinski definition) is 6. The second-order valence-corrected chi connectivity index (χ2v) is 11.0. The van der Waals surface area contributed by atoms with Crippen LogP contribution < -0.4 is 10.6 Å². The molecule has 2 N–H and O–H groups in total. The molecule has 10 nitrogen and oxygen atoms in total. The summed E-state index contributed by atoms with van der Waals surface area (Å²) in [6.07, 6.45) is 6.09. The Hall–Kier alpha value is -3.40. The first-order valence-electron chi connectivity index (χ1n) is 13.7. The standard InChI is InChI=1S/C28H37N7O3/c1-16(2)35-25-23(15-31-35)21(26(36)30-14-22-17(3)11-18(4)32-27(22)37)12-24(33-25)19-6-9-34(10-7-19)28(38)20-5-8-29-13-20/h11-12,15-16,19-20,22,29H,5-10,13-14H2,1-4H3,(H,30,36). The summed E-state index contributed by atoms with van der Waals surface area (Å²) in [6, 6.07) is 1.96. The summed E-state index contributed by atoms with van der Waals surface area (Å²) in [5.74, 6) is -0.470. The summed E-state index contributed by atoms with van der Waals surface area (Å²) in [5, 5.41) is 11.5. The molecule has 3 aliphatic heterocycles. The molecule has 0 saturated carbocycles. The van der Waals surface area contributed by atoms with E-state index < -0.39 is 5.92 Å². The molecule has 2 aromatic rings. The Morgan fingerprint density at radius 3 is 2.61 bits per heavy atom. The van der Waals surface area contributed by atoms with Gasteiger partial charge < -0.3 is 15.5 Å². The molecule has 3 amide bonds. The van der Waals surface area contributed by atoms with Crippen LogP contribution in [0.25, 0.3) is 11.0 Å². The lowest BCUT2D eigenvalue weighted by molar-refractivity contribution is -0.136. The molecule has 3 aliphatic rings. The van der Waals surface area contributed by atoms with Gasteiger partial charge in [0.1, 0.15) is 0 Å². The van der Waals surface area contributed by atoms with E-state index in [-0.39, 0.29) is 42.1 Å². The van der Waals surface area contributed by atoms with Gasteiger partial charge in [0.25, 0.3) is 11.8 Å². The molecule has 2 atom stereocenters. The van der Waals surface area contributed by atoms with Crippen LogP contribution in [-0.2, 0) is 9.59 Å². The van der Waals surface area contributed by atoms with Crippen LogP contribution >= 0.6 is 0 Å². The highest BCUT2D eigenvalue weighted by Gasteiger charge is 2.32. The molecule has 0 radical (unpaired) electrons. The molecule has 0 bridgehead atoms. The maximum atomic E-state index is 13.5. The number of dihydropyridines is 1. The van der Waals surface area contributed by atoms with Crippen LogP contribution in [0.1, 0.15) is 75.0 Å². The summed E-state index contributed by atoms with van der Waals surface area (Å²) in [6.45, 7) is 11.0. The Balaban J connectivity index is 1.36. The van der Waals surface area contributed by atoms with Gasteiger partial charge in [-0.05, 0) is 65.6 Å². The highest BCUT2D eigenvalue weighted by Crippen LogP contribution is 2.31. The largest absolute Gasteiger partial charge is 0.351 e. The Morgan fingerprint density at radius 2 is 1.95 bits per heavy atom. The Bertz CT molecular complexity index is 1310. The van der Waals surface area contributed by atoms with Crippen molar-refractivity contribution in [3.8, 4) is 0 Å². The van der Waals surface area contributed by atoms with E-state index in [1.165, 1.54) is 0 Å². The highest BCUT2D eigenvalue weighted by molar-refractivity contribution is 6.07. The van der Waals surface area contributed by atoms with Crippen molar-refractivity contribution in [1.82, 2.24) is 30.3 Å². The van der Waals surface area contributed by atoms with Gasteiger partial charge in [0.05, 0.1) is 29.0 Å². The maximum Gasteiger partial charge on any atom is 0.254 e. The maximum absolute atomic E-state index is 13.5. The van der Waals surface area contributed by atoms with Crippen LogP contribution in [0.15, 0.2) is 28.9 Å². The van der Waals surface area contributed by atoms with Crippen molar-refractivity contribution in [1.29, 1.82) is 0 Å². The number of allylic oxidation sites excluding steroid dienone is 1. The van der Waals surface area contributed by atoms with E-state index in [0.717, 1.165) is 43.6 Å². The number of aromatic nitrogens is 3. The van der Waals surface area contributed by atoms with E-state index in [0.29, 0.717) is 35.4 Å². The minimum atomic E-state index is -0.463. The summed E-state index contributed by atoms with van der Waals surface area (Å²) in [5.41, 5.74) is 3.62. The molecule has 2 fully saturated rings. The van der Waals surface area contributed by atoms with Crippen LogP contribution in [0.4, 0.5) is 0 Å². The second kappa shape index (κ2) is 10.8. The van der Waals surface area contributed by atoms with Crippen molar-refractivity contribution in [2.75, 3.05) is 32.7 Å². The lowest BCUT2D eigenvalue weighted by Gasteiger charge is -2.33. The number of hydrogen-bond donors (Lipinski definition) is 2. The molecular weight excluding hydrogens is 482 g/mol. The van der Waals surface area contributed by atoms with Gasteiger partial charge in [0.2, 0.25) is 5.91 Å². The quantitative estimate of drug-likeness (QED) is 0.605. The van der Waals surface area contributed by atoms with Crippen LogP contribution in [0.5, 0.6) is 0 Å². The molecule has 2 saturated heterocycles. The van der Waals surface area contributed by atoms with E-state index in [1.54, 1.807) is 13.1 Å². The first-order valence-corrected chi connectivity index (χ1v) is 13.7. The average molecular weight is 520 g/mol. The van der Waals surface area contributed by atoms with E-state index in [9.17, 15) is 14.4 Å². The van der Waals surface area contributed by atoms with Crippen LogP contribution in [-0.4, -0.2) is 75.8 Å². The topological polar surface area (TPSA) is 122 Å². The van der Waals surface area contributed by atoms with Crippen LogP contribution in [0, 0.1) is 11.8 Å². The number of nitrogens with zero attached hydrogens (tertiary/aromatic N) is 5. The van der Waals surface area contributed by atoms with Crippen molar-refractivity contribution in [3.63, 3.8) is 0 Å². The molecule has 38 heavy (non-hydrogen) atoms. The van der Waals surface area contributed by atoms with Crippen molar-refractivity contribution in [2.45, 2.75) is 58.9 Å². The molecule has 5 rings (SSSR count). The number of amides is 3. The van der Waals surface area contributed by atoms with Gasteiger partial charge in [0.15, 0.2) is 5.65 Å². The molecule has 5 heterocycles. The monoisotopic (exact) mass is 519 g/mol. The van der Waals surface area contributed by atoms with Crippen molar-refractivity contribution in [3.05, 3.63) is 35.2 Å². The fourth-order valence-electron chi connectivity index (χ4n) is 5.78. The number of likely N-dealkylation sites (tertiary alicyclic amines) is 1. The lowest BCUT2D eigenvalue weighted by Crippen LogP contribution is -2.42. The predicted molar refractivity (Wildman–Crippen MR) is 145 cm³/mol. The van der Waals surface area contributed by atoms with Crippen molar-refractivity contribution >= 4 is 34.5 Å². The van der Waals surface area contributed by atoms with Gasteiger partial charge in [-0.1, -0.05) is 5.57 Å². The van der Waals surface area contributed by atoms with Gasteiger partial charge in [-0.3, -0.25) is 14.4 Å². The number of piperidine rings is 1. The Morgan fingerprint density at radius 1 is 1.18 bits per heavy atom. The van der Waals surface area contributed by atoms with E-state index in [1.807, 2.05) is 42.5 Å². The minimum absolute atomic E-state index is 0.0828. The summed E-state index contributed by atoms with van der Waals surface area (Å²) in [4.78, 5) is 49.8. The van der Waals surface area contributed by atoms with Crippen molar-refractivity contribution < 1.29 is 14.4 Å². The minimum Gasteiger partial charge on any atom is -0.351 e. The summed E-state index contributed by atoms with van der Waals surface area (Å²) < 4.78 is 1.84. The highest BCUT2D eigenvalue weighted by atomic mass is 16.2. The normalized spacial score (nSPS) is 22.7. The molecule has 0 aliphatic carbocycles. The fourth-order valence-corrected chi connectivity index (χ4v) is 5.78. The van der Waals surface area contributed by atoms with Crippen LogP contribution in [0.3, 0.4) is 0 Å². The Labute approximate surface area is 223 Å². The summed E-state index contributed by atoms with van der Waals surface area (Å²) >= 11 is 0. The molecule has 0 spiro atoms. The van der Waals surface area contributed by atoms with E-state index in [4.69, 9.17) is 4.98 Å². The van der Waals surface area contributed by atoms with Gasteiger partial charge in [0, 0.05) is 49.5 Å². The Kier molecular flexibility index (Phi) is 7.43. The third-order valence-electron chi connectivity index (χ3n) is 7.99. The molecule has 202 valence electrons. The number of pyridine rings is 1. The molecular formula is C28H37N7O3. The van der Waals surface area contributed by atoms with Gasteiger partial charge in [-0.2, -0.15) is 5.10 Å². The van der Waals surface area contributed by atoms with Gasteiger partial charge >= 0.3 is 0 Å². The van der Waals surface area contributed by atoms with E-state index in [2.05, 4.69) is 20.7 Å². The lowest BCUT2D eigenvalue weighted by atomic mass is 9.91. The number of aliphatic imine (C=N–C) groups is 1. The van der Waals surface area contributed by atoms with Crippen molar-refractivity contribution in [2.24, 2.45) is 16.8 Å². The van der Waals surface area contributed by atoms with Gasteiger partial charge in [-0.25, -0.2) is 14.7 Å². The number of nitrogens with one attached hydrogen (secondary N) is 2. The first kappa shape index (κ1) is 26.2. The fraction of sp³-hybridized carbons (Fsp3) is 0.571. The predicted octanol–water partition coefficient (Wildman–Crippen LogP) is 2.62. The number of carbonyl (C=O) groups is 3. The third kappa shape index (κ3) is 5.14. The molecule has 0 aromatic carbocycles. The van der Waals surface area contributed by atoms with Crippen LogP contribution in [0.2, 0.25) is 0 Å². The molecule has 2 unspecified atom stereocenters. The third-order valence-corrected chi connectivity index (χ3v) is 7.99. The number of carbonyl (C=O) groups excluding carboxylic acids is 3. The zero-order chi connectivity index (χ0) is 27.0. The van der Waals surface area contributed by atoms with Gasteiger partial charge in [-0.15, -0.1) is 0 Å². The first-order chi connectivity index (χ1) is 18.2. The second-order valence-electron chi connectivity index (χ2n) is 11.0.